The van der Waals surface area contributed by atoms with Gasteiger partial charge in [-0.3, -0.25) is 30.2 Å². The highest BCUT2D eigenvalue weighted by Gasteiger charge is 1.97. The second-order valence-electron chi connectivity index (χ2n) is 5.34. The molecule has 0 aliphatic carbocycles. The van der Waals surface area contributed by atoms with Crippen molar-refractivity contribution in [1.29, 1.82) is 0 Å². The zero-order valence-corrected chi connectivity index (χ0v) is 13.4. The summed E-state index contributed by atoms with van der Waals surface area (Å²) in [6, 6.07) is 3.85. The molecule has 124 valence electrons. The van der Waals surface area contributed by atoms with Crippen molar-refractivity contribution in [3.63, 3.8) is 0 Å². The second-order valence-corrected chi connectivity index (χ2v) is 5.34. The third-order valence-electron chi connectivity index (χ3n) is 3.29. The van der Waals surface area contributed by atoms with Crippen molar-refractivity contribution in [2.24, 2.45) is 20.0 Å². The van der Waals surface area contributed by atoms with E-state index in [0.717, 1.165) is 48.7 Å². The molecule has 8 nitrogen and oxygen atoms in total. The molecular weight excluding hydrogens is 304 g/mol. The first-order chi connectivity index (χ1) is 11.9. The third-order valence-corrected chi connectivity index (χ3v) is 3.29. The Hall–Kier alpha value is -2.90. The number of fused-ring (bicyclic) bond motifs is 4. The molecule has 1 aliphatic rings. The molecule has 2 N–H and O–H groups in total. The first-order valence-corrected chi connectivity index (χ1v) is 8.00. The summed E-state index contributed by atoms with van der Waals surface area (Å²) < 4.78 is 0. The number of hydrogen-bond acceptors (Lipinski definition) is 6. The Morgan fingerprint density at radius 2 is 1.00 bits per heavy atom. The van der Waals surface area contributed by atoms with Gasteiger partial charge in [-0.2, -0.15) is 10.2 Å². The fraction of sp³-hybridized carbons (Fsp3) is 0.375. The molecule has 2 aromatic heterocycles. The van der Waals surface area contributed by atoms with E-state index in [0.29, 0.717) is 13.1 Å². The molecule has 0 unspecified atom stereocenters. The maximum absolute atomic E-state index is 4.37. The normalized spacial score (nSPS) is 16.3. The highest BCUT2D eigenvalue weighted by molar-refractivity contribution is 5.84. The highest BCUT2D eigenvalue weighted by atomic mass is 15.1. The molecule has 0 aromatic carbocycles. The molecule has 3 rings (SSSR count). The molecule has 24 heavy (non-hydrogen) atoms. The van der Waals surface area contributed by atoms with E-state index in [1.54, 1.807) is 24.9 Å². The molecule has 0 radical (unpaired) electrons. The molecule has 0 atom stereocenters. The van der Waals surface area contributed by atoms with Gasteiger partial charge in [0, 0.05) is 51.0 Å². The summed E-state index contributed by atoms with van der Waals surface area (Å²) in [5.41, 5.74) is 3.37. The number of aromatic nitrogens is 4. The van der Waals surface area contributed by atoms with E-state index in [-0.39, 0.29) is 0 Å². The van der Waals surface area contributed by atoms with Crippen LogP contribution in [-0.2, 0) is 0 Å². The third kappa shape index (κ3) is 5.08. The minimum atomic E-state index is 0.714. The van der Waals surface area contributed by atoms with Crippen LogP contribution in [0.25, 0.3) is 0 Å². The maximum Gasteiger partial charge on any atom is 0.103 e. The quantitative estimate of drug-likeness (QED) is 0.762. The van der Waals surface area contributed by atoms with Crippen LogP contribution in [0.2, 0.25) is 0 Å². The van der Waals surface area contributed by atoms with Gasteiger partial charge in [-0.1, -0.05) is 0 Å². The Balaban J connectivity index is 1.65. The fourth-order valence-electron chi connectivity index (χ4n) is 2.12. The number of nitrogens with zero attached hydrogens (tertiary/aromatic N) is 6. The van der Waals surface area contributed by atoms with Crippen LogP contribution in [0.5, 0.6) is 0 Å². The van der Waals surface area contributed by atoms with Gasteiger partial charge in [0.15, 0.2) is 0 Å². The Morgan fingerprint density at radius 3 is 1.46 bits per heavy atom. The smallest absolute Gasteiger partial charge is 0.103 e. The minimum Gasteiger partial charge on any atom is -0.291 e. The summed E-state index contributed by atoms with van der Waals surface area (Å²) in [5.74, 6) is 0. The van der Waals surface area contributed by atoms with Crippen LogP contribution in [0, 0.1) is 0 Å². The van der Waals surface area contributed by atoms with Crippen molar-refractivity contribution < 1.29 is 0 Å². The van der Waals surface area contributed by atoms with E-state index < -0.39 is 0 Å². The number of rotatable bonds is 0. The predicted octanol–water partition coefficient (Wildman–Crippen LogP) is 1.30. The Kier molecular flexibility index (Phi) is 5.76. The first-order valence-electron chi connectivity index (χ1n) is 8.00. The van der Waals surface area contributed by atoms with Crippen LogP contribution >= 0.6 is 0 Å². The largest absolute Gasteiger partial charge is 0.291 e. The molecule has 3 heterocycles. The van der Waals surface area contributed by atoms with E-state index in [9.17, 15) is 0 Å². The van der Waals surface area contributed by atoms with Crippen LogP contribution in [0.1, 0.15) is 35.6 Å². The summed E-state index contributed by atoms with van der Waals surface area (Å²) in [7, 11) is 0. The van der Waals surface area contributed by atoms with Crippen LogP contribution in [0.4, 0.5) is 0 Å². The summed E-state index contributed by atoms with van der Waals surface area (Å²) >= 11 is 0. The standard InChI is InChI=1S/C16H20N8/c1-3-17-9-13-7-15(23-21-13)11-19-5-2-6-20-12-16-8-14(22-24-16)10-18-4-1/h7-12H,1-6H2,(H,21,23)(H,22,24). The summed E-state index contributed by atoms with van der Waals surface area (Å²) in [5, 5.41) is 14.2. The van der Waals surface area contributed by atoms with Gasteiger partial charge >= 0.3 is 0 Å². The average Bonchev–Trinajstić information content (AvgIpc) is 3.22. The van der Waals surface area contributed by atoms with Crippen molar-refractivity contribution in [1.82, 2.24) is 20.4 Å². The second kappa shape index (κ2) is 8.66. The number of H-pyrrole nitrogens is 2. The van der Waals surface area contributed by atoms with E-state index in [1.807, 2.05) is 12.1 Å². The number of nitrogens with one attached hydrogen (secondary N) is 2. The van der Waals surface area contributed by atoms with Gasteiger partial charge in [-0.25, -0.2) is 0 Å². The van der Waals surface area contributed by atoms with Crippen LogP contribution in [0.15, 0.2) is 32.1 Å². The molecule has 1 aliphatic heterocycles. The van der Waals surface area contributed by atoms with Crippen molar-refractivity contribution in [3.05, 3.63) is 34.9 Å². The Morgan fingerprint density at radius 1 is 0.583 bits per heavy atom. The van der Waals surface area contributed by atoms with Gasteiger partial charge < -0.3 is 0 Å². The average molecular weight is 324 g/mol. The van der Waals surface area contributed by atoms with Gasteiger partial charge in [-0.05, 0) is 25.0 Å². The minimum absolute atomic E-state index is 0.714. The fourth-order valence-corrected chi connectivity index (χ4v) is 2.12. The van der Waals surface area contributed by atoms with Gasteiger partial charge in [0.1, 0.15) is 11.4 Å². The van der Waals surface area contributed by atoms with E-state index >= 15 is 0 Å². The summed E-state index contributed by atoms with van der Waals surface area (Å²) in [6.07, 6.45) is 8.89. The topological polar surface area (TPSA) is 107 Å². The molecule has 0 saturated heterocycles. The monoisotopic (exact) mass is 324 g/mol. The first kappa shape index (κ1) is 16.0. The number of aromatic amines is 2. The predicted molar refractivity (Wildman–Crippen MR) is 96.3 cm³/mol. The van der Waals surface area contributed by atoms with E-state index in [1.165, 1.54) is 0 Å². The summed E-state index contributed by atoms with van der Waals surface area (Å²) in [4.78, 5) is 17.5. The Bertz CT molecular complexity index is 628. The zero-order chi connectivity index (χ0) is 16.5. The lowest BCUT2D eigenvalue weighted by Crippen LogP contribution is -1.90. The lowest BCUT2D eigenvalue weighted by molar-refractivity contribution is 0.849. The molecule has 8 heteroatoms. The number of hydrogen-bond donors (Lipinski definition) is 2. The highest BCUT2D eigenvalue weighted by Crippen LogP contribution is 1.97. The molecular formula is C16H20N8. The molecule has 0 amide bonds. The lowest BCUT2D eigenvalue weighted by Gasteiger charge is -1.91. The van der Waals surface area contributed by atoms with Gasteiger partial charge in [0.25, 0.3) is 0 Å². The van der Waals surface area contributed by atoms with Gasteiger partial charge in [0.2, 0.25) is 0 Å². The molecule has 4 bridgehead atoms. The lowest BCUT2D eigenvalue weighted by atomic mass is 10.3. The van der Waals surface area contributed by atoms with E-state index in [4.69, 9.17) is 0 Å². The van der Waals surface area contributed by atoms with Crippen LogP contribution in [0.3, 0.4) is 0 Å². The summed E-state index contributed by atoms with van der Waals surface area (Å²) in [6.45, 7) is 2.87. The Labute approximate surface area is 140 Å². The van der Waals surface area contributed by atoms with E-state index in [2.05, 4.69) is 40.4 Å². The van der Waals surface area contributed by atoms with Gasteiger partial charge in [-0.15, -0.1) is 0 Å². The SMILES string of the molecule is C1=NCCCN=Cc2cc([nH]n2)C=NCCCN=Cc2cc1n[nH]2. The van der Waals surface area contributed by atoms with Gasteiger partial charge in [0.05, 0.1) is 11.4 Å². The van der Waals surface area contributed by atoms with Crippen molar-refractivity contribution in [3.8, 4) is 0 Å². The number of aliphatic imine (C=N–C) groups is 4. The van der Waals surface area contributed by atoms with Crippen LogP contribution < -0.4 is 0 Å². The molecule has 2 aromatic rings. The van der Waals surface area contributed by atoms with Crippen LogP contribution in [-0.4, -0.2) is 71.4 Å². The molecule has 0 saturated carbocycles. The zero-order valence-electron chi connectivity index (χ0n) is 13.4. The van der Waals surface area contributed by atoms with Crippen molar-refractivity contribution in [2.75, 3.05) is 26.2 Å². The van der Waals surface area contributed by atoms with Crippen molar-refractivity contribution in [2.45, 2.75) is 12.8 Å². The molecule has 0 fully saturated rings. The van der Waals surface area contributed by atoms with Crippen molar-refractivity contribution >= 4 is 24.9 Å². The molecule has 0 spiro atoms. The maximum atomic E-state index is 4.37.